The minimum atomic E-state index is -0.494. The Morgan fingerprint density at radius 2 is 1.90 bits per heavy atom. The monoisotopic (exact) mass is 973 g/mol. The summed E-state index contributed by atoms with van der Waals surface area (Å²) in [5.74, 6) is -0.396. The van der Waals surface area contributed by atoms with Crippen LogP contribution in [0.1, 0.15) is 18.5 Å². The first kappa shape index (κ1) is 23.6. The topological polar surface area (TPSA) is 75.2 Å². The quantitative estimate of drug-likeness (QED) is 0.318. The van der Waals surface area contributed by atoms with Crippen LogP contribution in [0.5, 0.6) is 0 Å². The van der Waals surface area contributed by atoms with E-state index in [-0.39, 0.29) is 94.0 Å². The molecule has 9 heteroatoms. The van der Waals surface area contributed by atoms with Crippen LogP contribution in [-0.2, 0) is 91.3 Å². The summed E-state index contributed by atoms with van der Waals surface area (Å²) in [5, 5.41) is 12.2. The molecule has 1 aliphatic rings. The zero-order valence-corrected chi connectivity index (χ0v) is 21.2. The maximum atomic E-state index is 11.6. The van der Waals surface area contributed by atoms with Crippen molar-refractivity contribution in [3.05, 3.63) is 41.2 Å². The SMILES string of the molecule is O=C1CC[C-](c2n[n-]c3cc[c-]cc23)C(=O)[N-]1.[Re].[Re].[Re].[Re]. The molecule has 0 spiro atoms. The number of rotatable bonds is 1. The van der Waals surface area contributed by atoms with Crippen LogP contribution in [0.25, 0.3) is 16.2 Å². The predicted molar refractivity (Wildman–Crippen MR) is 58.9 cm³/mol. The van der Waals surface area contributed by atoms with Gasteiger partial charge in [-0.15, -0.1) is 11.3 Å². The number of fused-ring (bicyclic) bond motifs is 1. The van der Waals surface area contributed by atoms with Crippen LogP contribution in [0.3, 0.4) is 0 Å². The van der Waals surface area contributed by atoms with E-state index >= 15 is 0 Å². The zero-order valence-electron chi connectivity index (χ0n) is 10.3. The third-order valence-corrected chi connectivity index (χ3v) is 2.71. The van der Waals surface area contributed by atoms with Gasteiger partial charge in [0.25, 0.3) is 0 Å². The molecule has 114 valence electrons. The Bertz CT molecular complexity index is 617. The van der Waals surface area contributed by atoms with Gasteiger partial charge in [0.1, 0.15) is 0 Å². The number of carbonyl (C=O) groups excluding carboxylic acids is 2. The average molecular weight is 970 g/mol. The molecule has 0 N–H and O–H groups in total. The first-order valence-corrected chi connectivity index (χ1v) is 5.20. The second-order valence-electron chi connectivity index (χ2n) is 3.78. The van der Waals surface area contributed by atoms with Crippen LogP contribution in [-0.4, -0.2) is 16.9 Å². The van der Waals surface area contributed by atoms with Crippen molar-refractivity contribution in [1.29, 1.82) is 0 Å². The standard InChI is InChI=1S/C12H8N3O2.4Re/c16-10-6-5-8(12(17)13-10)11-7-3-1-2-4-9(7)14-15-11;;;;/h2-4H,5-6H2,(H-,13,14,15,16,17);;;;/q-3;;;;/p-1. The number of imide groups is 1. The van der Waals surface area contributed by atoms with Crippen molar-refractivity contribution in [3.8, 4) is 0 Å². The van der Waals surface area contributed by atoms with Crippen LogP contribution in [0, 0.1) is 12.0 Å². The van der Waals surface area contributed by atoms with Crippen molar-refractivity contribution in [2.75, 3.05) is 0 Å². The van der Waals surface area contributed by atoms with E-state index in [0.717, 1.165) is 10.9 Å². The Labute approximate surface area is 176 Å². The molecular weight excluding hydrogens is 963 g/mol. The van der Waals surface area contributed by atoms with Gasteiger partial charge in [0.05, 0.1) is 5.91 Å². The minimum Gasteiger partial charge on any atom is -0.608 e. The molecule has 1 saturated heterocycles. The molecule has 5 nitrogen and oxygen atoms in total. The zero-order chi connectivity index (χ0) is 11.8. The number of piperidine rings is 1. The van der Waals surface area contributed by atoms with Crippen LogP contribution in [0.4, 0.5) is 0 Å². The molecule has 1 aromatic heterocycles. The average Bonchev–Trinajstić information content (AvgIpc) is 2.73. The second-order valence-corrected chi connectivity index (χ2v) is 3.78. The minimum absolute atomic E-state index is 0. The molecule has 4 radical (unpaired) electrons. The summed E-state index contributed by atoms with van der Waals surface area (Å²) in [7, 11) is 0. The summed E-state index contributed by atoms with van der Waals surface area (Å²) in [5.41, 5.74) is 1.24. The number of hydrogen-bond donors (Lipinski definition) is 0. The van der Waals surface area contributed by atoms with Crippen LogP contribution >= 0.6 is 0 Å². The van der Waals surface area contributed by atoms with E-state index in [1.54, 1.807) is 18.2 Å². The van der Waals surface area contributed by atoms with E-state index in [1.165, 1.54) is 0 Å². The van der Waals surface area contributed by atoms with E-state index in [1.807, 2.05) is 0 Å². The fraction of sp³-hybridized carbons (Fsp3) is 0.167. The summed E-state index contributed by atoms with van der Waals surface area (Å²) >= 11 is 0. The van der Waals surface area contributed by atoms with Gasteiger partial charge < -0.3 is 25.1 Å². The van der Waals surface area contributed by atoms with Crippen LogP contribution < -0.4 is 5.10 Å². The van der Waals surface area contributed by atoms with Gasteiger partial charge in [-0.05, 0) is 6.42 Å². The molecule has 0 bridgehead atoms. The van der Waals surface area contributed by atoms with Crippen LogP contribution in [0.15, 0.2) is 18.2 Å². The number of benzene rings is 1. The Hall–Kier alpha value is 0.349. The molecule has 3 rings (SSSR count). The summed E-state index contributed by atoms with van der Waals surface area (Å²) in [4.78, 5) is 22.7. The van der Waals surface area contributed by atoms with Gasteiger partial charge in [0.2, 0.25) is 0 Å². The van der Waals surface area contributed by atoms with E-state index in [9.17, 15) is 9.59 Å². The van der Waals surface area contributed by atoms with Gasteiger partial charge in [-0.1, -0.05) is 12.1 Å². The van der Waals surface area contributed by atoms with Gasteiger partial charge >= 0.3 is 0 Å². The summed E-state index contributed by atoms with van der Waals surface area (Å²) in [6.07, 6.45) is 0.635. The summed E-state index contributed by atoms with van der Waals surface area (Å²) in [6, 6.07) is 8.18. The van der Waals surface area contributed by atoms with Gasteiger partial charge in [0.15, 0.2) is 0 Å². The molecule has 2 heterocycles. The fourth-order valence-corrected chi connectivity index (χ4v) is 1.87. The molecular formula is C12H7N3O2Re4-4. The molecule has 2 aromatic rings. The number of nitrogens with zero attached hydrogens (tertiary/aromatic N) is 3. The van der Waals surface area contributed by atoms with Gasteiger partial charge in [-0.2, -0.15) is 24.3 Å². The Morgan fingerprint density at radius 1 is 1.19 bits per heavy atom. The number of amides is 2. The maximum absolute atomic E-state index is 11.6. The Kier molecular flexibility index (Phi) is 11.5. The van der Waals surface area contributed by atoms with Crippen molar-refractivity contribution in [2.24, 2.45) is 0 Å². The van der Waals surface area contributed by atoms with Crippen molar-refractivity contribution in [2.45, 2.75) is 12.8 Å². The summed E-state index contributed by atoms with van der Waals surface area (Å²) < 4.78 is 0. The predicted octanol–water partition coefficient (Wildman–Crippen LogP) is 1.13. The van der Waals surface area contributed by atoms with E-state index in [2.05, 4.69) is 21.6 Å². The third-order valence-electron chi connectivity index (χ3n) is 2.71. The normalized spacial score (nSPS) is 13.2. The molecule has 0 saturated carbocycles. The van der Waals surface area contributed by atoms with Crippen LogP contribution in [0.2, 0.25) is 0 Å². The van der Waals surface area contributed by atoms with Crippen molar-refractivity contribution >= 4 is 22.7 Å². The first-order valence-electron chi connectivity index (χ1n) is 5.20. The Balaban J connectivity index is 0. The van der Waals surface area contributed by atoms with Gasteiger partial charge in [-0.3, -0.25) is 0 Å². The second kappa shape index (κ2) is 10.2. The fourth-order valence-electron chi connectivity index (χ4n) is 1.87. The molecule has 0 unspecified atom stereocenters. The molecule has 21 heavy (non-hydrogen) atoms. The molecule has 1 aliphatic heterocycles. The number of carbonyl (C=O) groups is 2. The molecule has 1 fully saturated rings. The van der Waals surface area contributed by atoms with E-state index < -0.39 is 5.91 Å². The molecule has 0 atom stereocenters. The largest absolute Gasteiger partial charge is 0.608 e. The van der Waals surface area contributed by atoms with E-state index in [0.29, 0.717) is 18.0 Å². The van der Waals surface area contributed by atoms with Gasteiger partial charge in [-0.25, -0.2) is 5.52 Å². The molecule has 2 amide bonds. The third kappa shape index (κ3) is 4.91. The first-order chi connectivity index (χ1) is 8.25. The summed E-state index contributed by atoms with van der Waals surface area (Å²) in [6.45, 7) is 0. The van der Waals surface area contributed by atoms with Crippen molar-refractivity contribution < 1.29 is 91.3 Å². The maximum Gasteiger partial charge on any atom is 0.0544 e. The Morgan fingerprint density at radius 3 is 2.57 bits per heavy atom. The van der Waals surface area contributed by atoms with Crippen molar-refractivity contribution in [3.63, 3.8) is 0 Å². The van der Waals surface area contributed by atoms with Gasteiger partial charge in [0, 0.05) is 87.6 Å². The number of aromatic nitrogens is 2. The molecule has 0 aliphatic carbocycles. The molecule has 1 aromatic carbocycles. The smallest absolute Gasteiger partial charge is 0.0544 e. The van der Waals surface area contributed by atoms with Crippen molar-refractivity contribution in [1.82, 2.24) is 10.2 Å². The van der Waals surface area contributed by atoms with E-state index in [4.69, 9.17) is 0 Å². The number of hydrogen-bond acceptors (Lipinski definition) is 3.